The van der Waals surface area contributed by atoms with Crippen LogP contribution in [0, 0.1) is 13.8 Å². The summed E-state index contributed by atoms with van der Waals surface area (Å²) in [6, 6.07) is 6.18. The Labute approximate surface area is 167 Å². The molecule has 2 heterocycles. The van der Waals surface area contributed by atoms with E-state index in [-0.39, 0.29) is 5.91 Å². The van der Waals surface area contributed by atoms with Crippen molar-refractivity contribution in [2.75, 3.05) is 20.2 Å². The molecule has 0 bridgehead atoms. The van der Waals surface area contributed by atoms with Crippen LogP contribution in [0.2, 0.25) is 0 Å². The Morgan fingerprint density at radius 1 is 1.29 bits per heavy atom. The van der Waals surface area contributed by atoms with Crippen molar-refractivity contribution in [2.24, 2.45) is 0 Å². The number of aliphatic hydroxyl groups is 1. The number of likely N-dealkylation sites (tertiary alicyclic amines) is 1. The van der Waals surface area contributed by atoms with E-state index in [2.05, 4.69) is 17.1 Å². The van der Waals surface area contributed by atoms with E-state index in [1.807, 2.05) is 35.6 Å². The number of aryl methyl sites for hydroxylation is 3. The Kier molecular flexibility index (Phi) is 6.39. The van der Waals surface area contributed by atoms with Crippen LogP contribution < -0.4 is 4.74 Å². The van der Waals surface area contributed by atoms with Crippen LogP contribution >= 0.6 is 0 Å². The molecule has 0 atom stereocenters. The maximum absolute atomic E-state index is 12.5. The predicted octanol–water partition coefficient (Wildman–Crippen LogP) is 2.88. The number of ether oxygens (including phenoxy) is 1. The van der Waals surface area contributed by atoms with Crippen LogP contribution in [-0.4, -0.2) is 51.3 Å². The number of carbonyl (C=O) groups is 1. The lowest BCUT2D eigenvalue weighted by atomic mass is 9.91. The minimum atomic E-state index is -0.761. The number of methoxy groups -OCH3 is 1. The number of rotatable bonds is 7. The number of nitrogens with zero attached hydrogens (tertiary/aromatic N) is 3. The molecule has 3 rings (SSSR count). The van der Waals surface area contributed by atoms with Crippen LogP contribution in [0.1, 0.15) is 42.6 Å². The number of aromatic nitrogens is 2. The number of amides is 1. The van der Waals surface area contributed by atoms with Crippen molar-refractivity contribution in [1.82, 2.24) is 14.5 Å². The third-order valence-electron chi connectivity index (χ3n) is 5.75. The molecule has 1 aromatic heterocycles. The van der Waals surface area contributed by atoms with Crippen molar-refractivity contribution in [1.29, 1.82) is 0 Å². The molecule has 1 amide bonds. The van der Waals surface area contributed by atoms with Gasteiger partial charge in [-0.05, 0) is 56.7 Å². The van der Waals surface area contributed by atoms with Gasteiger partial charge in [-0.2, -0.15) is 0 Å². The van der Waals surface area contributed by atoms with Gasteiger partial charge >= 0.3 is 0 Å². The van der Waals surface area contributed by atoms with E-state index < -0.39 is 5.60 Å². The molecule has 0 aliphatic carbocycles. The highest BCUT2D eigenvalue weighted by molar-refractivity contribution is 5.76. The standard InChI is InChI=1S/C22H31N3O3/c1-17-15-19(7-8-20(17)28-3)5-4-6-21(26)24-12-9-22(27,10-13-24)16-25-14-11-23-18(25)2/h7-8,11,14-15,27H,4-6,9-10,12-13,16H2,1-3H3. The first-order valence-corrected chi connectivity index (χ1v) is 10.0. The minimum Gasteiger partial charge on any atom is -0.496 e. The molecule has 152 valence electrons. The molecule has 1 N–H and O–H groups in total. The largest absolute Gasteiger partial charge is 0.496 e. The second-order valence-corrected chi connectivity index (χ2v) is 7.87. The maximum Gasteiger partial charge on any atom is 0.222 e. The SMILES string of the molecule is COc1ccc(CCCC(=O)N2CCC(O)(Cn3ccnc3C)CC2)cc1C. The maximum atomic E-state index is 12.5. The lowest BCUT2D eigenvalue weighted by Crippen LogP contribution is -2.48. The predicted molar refractivity (Wildman–Crippen MR) is 108 cm³/mol. The minimum absolute atomic E-state index is 0.186. The van der Waals surface area contributed by atoms with Crippen LogP contribution in [0.4, 0.5) is 0 Å². The topological polar surface area (TPSA) is 67.6 Å². The summed E-state index contributed by atoms with van der Waals surface area (Å²) in [4.78, 5) is 18.7. The summed E-state index contributed by atoms with van der Waals surface area (Å²) in [5.74, 6) is 1.98. The second-order valence-electron chi connectivity index (χ2n) is 7.87. The van der Waals surface area contributed by atoms with E-state index in [1.54, 1.807) is 13.3 Å². The number of carbonyl (C=O) groups excluding carboxylic acids is 1. The van der Waals surface area contributed by atoms with Crippen molar-refractivity contribution in [3.05, 3.63) is 47.5 Å². The molecule has 1 aromatic carbocycles. The molecular formula is C22H31N3O3. The average molecular weight is 386 g/mol. The van der Waals surface area contributed by atoms with E-state index in [0.29, 0.717) is 38.9 Å². The van der Waals surface area contributed by atoms with Crippen molar-refractivity contribution >= 4 is 5.91 Å². The summed E-state index contributed by atoms with van der Waals surface area (Å²) in [6.45, 7) is 5.74. The Bertz CT molecular complexity index is 807. The molecule has 0 saturated carbocycles. The number of benzene rings is 1. The van der Waals surface area contributed by atoms with Gasteiger partial charge in [-0.3, -0.25) is 4.79 Å². The highest BCUT2D eigenvalue weighted by Gasteiger charge is 2.34. The summed E-state index contributed by atoms with van der Waals surface area (Å²) < 4.78 is 7.27. The highest BCUT2D eigenvalue weighted by Crippen LogP contribution is 2.25. The van der Waals surface area contributed by atoms with Crippen molar-refractivity contribution in [3.63, 3.8) is 0 Å². The first-order chi connectivity index (χ1) is 13.4. The van der Waals surface area contributed by atoms with Gasteiger partial charge in [0.1, 0.15) is 11.6 Å². The quantitative estimate of drug-likeness (QED) is 0.796. The molecule has 2 aromatic rings. The van der Waals surface area contributed by atoms with Crippen LogP contribution in [0.25, 0.3) is 0 Å². The number of hydrogen-bond acceptors (Lipinski definition) is 4. The van der Waals surface area contributed by atoms with Gasteiger partial charge in [-0.1, -0.05) is 12.1 Å². The van der Waals surface area contributed by atoms with E-state index in [4.69, 9.17) is 4.74 Å². The Hall–Kier alpha value is -2.34. The van der Waals surface area contributed by atoms with E-state index in [1.165, 1.54) is 5.56 Å². The molecule has 0 spiro atoms. The summed E-state index contributed by atoms with van der Waals surface area (Å²) in [6.07, 6.45) is 7.12. The molecule has 6 nitrogen and oxygen atoms in total. The van der Waals surface area contributed by atoms with Crippen molar-refractivity contribution in [3.8, 4) is 5.75 Å². The average Bonchev–Trinajstić information content (AvgIpc) is 3.06. The van der Waals surface area contributed by atoms with E-state index in [0.717, 1.165) is 30.0 Å². The number of hydrogen-bond donors (Lipinski definition) is 1. The Balaban J connectivity index is 1.44. The lowest BCUT2D eigenvalue weighted by molar-refractivity contribution is -0.136. The van der Waals surface area contributed by atoms with Gasteiger partial charge in [0.2, 0.25) is 5.91 Å². The summed E-state index contributed by atoms with van der Waals surface area (Å²) in [7, 11) is 1.68. The molecule has 28 heavy (non-hydrogen) atoms. The first-order valence-electron chi connectivity index (χ1n) is 10.0. The molecule has 0 unspecified atom stereocenters. The second kappa shape index (κ2) is 8.78. The van der Waals surface area contributed by atoms with Gasteiger partial charge in [0.15, 0.2) is 0 Å². The zero-order valence-corrected chi connectivity index (χ0v) is 17.1. The molecule has 1 aliphatic rings. The van der Waals surface area contributed by atoms with Crippen LogP contribution in [0.15, 0.2) is 30.6 Å². The van der Waals surface area contributed by atoms with Crippen LogP contribution in [0.5, 0.6) is 5.75 Å². The molecule has 1 aliphatic heterocycles. The number of piperidine rings is 1. The summed E-state index contributed by atoms with van der Waals surface area (Å²) >= 11 is 0. The molecule has 0 radical (unpaired) electrons. The summed E-state index contributed by atoms with van der Waals surface area (Å²) in [5, 5.41) is 10.9. The third-order valence-corrected chi connectivity index (χ3v) is 5.75. The van der Waals surface area contributed by atoms with Crippen LogP contribution in [0.3, 0.4) is 0 Å². The molecular weight excluding hydrogens is 354 g/mol. The smallest absolute Gasteiger partial charge is 0.222 e. The third kappa shape index (κ3) is 4.93. The van der Waals surface area contributed by atoms with Crippen molar-refractivity contribution in [2.45, 2.75) is 58.1 Å². The lowest BCUT2D eigenvalue weighted by Gasteiger charge is -2.38. The normalized spacial score (nSPS) is 16.2. The molecule has 6 heteroatoms. The highest BCUT2D eigenvalue weighted by atomic mass is 16.5. The van der Waals surface area contributed by atoms with Crippen molar-refractivity contribution < 1.29 is 14.6 Å². The number of imidazole rings is 1. The van der Waals surface area contributed by atoms with Gasteiger partial charge < -0.3 is 19.3 Å². The zero-order valence-electron chi connectivity index (χ0n) is 17.1. The van der Waals surface area contributed by atoms with Gasteiger partial charge in [0, 0.05) is 31.9 Å². The van der Waals surface area contributed by atoms with E-state index >= 15 is 0 Å². The Morgan fingerprint density at radius 3 is 2.64 bits per heavy atom. The fourth-order valence-corrected chi connectivity index (χ4v) is 3.92. The van der Waals surface area contributed by atoms with Gasteiger partial charge in [-0.25, -0.2) is 4.98 Å². The molecule has 1 saturated heterocycles. The zero-order chi connectivity index (χ0) is 20.1. The van der Waals surface area contributed by atoms with Gasteiger partial charge in [0.25, 0.3) is 0 Å². The first kappa shape index (κ1) is 20.4. The summed E-state index contributed by atoms with van der Waals surface area (Å²) in [5.41, 5.74) is 1.59. The molecule has 1 fully saturated rings. The van der Waals surface area contributed by atoms with Gasteiger partial charge in [0.05, 0.1) is 19.3 Å². The fourth-order valence-electron chi connectivity index (χ4n) is 3.92. The van der Waals surface area contributed by atoms with Crippen LogP contribution in [-0.2, 0) is 17.8 Å². The Morgan fingerprint density at radius 2 is 2.04 bits per heavy atom. The fraction of sp³-hybridized carbons (Fsp3) is 0.545. The monoisotopic (exact) mass is 385 g/mol. The van der Waals surface area contributed by atoms with Gasteiger partial charge in [-0.15, -0.1) is 0 Å². The van der Waals surface area contributed by atoms with E-state index in [9.17, 15) is 9.90 Å².